The molecule has 148 valence electrons. The number of rotatable bonds is 9. The van der Waals surface area contributed by atoms with Crippen molar-refractivity contribution in [2.45, 2.75) is 49.0 Å². The van der Waals surface area contributed by atoms with Gasteiger partial charge in [-0.25, -0.2) is 13.2 Å². The summed E-state index contributed by atoms with van der Waals surface area (Å²) < 4.78 is 54.1. The van der Waals surface area contributed by atoms with E-state index in [1.165, 1.54) is 6.08 Å². The summed E-state index contributed by atoms with van der Waals surface area (Å²) in [5, 5.41) is 0. The van der Waals surface area contributed by atoms with Gasteiger partial charge in [0.25, 0.3) is 5.92 Å². The molecule has 2 nitrogen and oxygen atoms in total. The Hall–Kier alpha value is -0.880. The number of hydrogen-bond acceptors (Lipinski definition) is 2. The van der Waals surface area contributed by atoms with Gasteiger partial charge in [-0.2, -0.15) is 0 Å². The van der Waals surface area contributed by atoms with Crippen molar-refractivity contribution in [1.82, 2.24) is 0 Å². The molecule has 0 saturated heterocycles. The largest absolute Gasteiger partial charge is 0.377 e. The molecule has 0 aromatic carbocycles. The Morgan fingerprint density at radius 3 is 1.61 bits per heavy atom. The predicted molar refractivity (Wildman–Crippen MR) is 97.2 cm³/mol. The third-order valence-corrected chi connectivity index (χ3v) is 1.33. The first-order chi connectivity index (χ1) is 9.04. The molecule has 6 heteroatoms. The highest BCUT2D eigenvalue weighted by Crippen LogP contribution is 2.13. The van der Waals surface area contributed by atoms with Gasteiger partial charge < -0.3 is 9.47 Å². The molecule has 0 rings (SSSR count). The maximum atomic E-state index is 11.9. The van der Waals surface area contributed by atoms with Gasteiger partial charge in [0.1, 0.15) is 6.61 Å². The van der Waals surface area contributed by atoms with Gasteiger partial charge in [0, 0.05) is 6.61 Å². The Balaban J connectivity index is -0.0000000357. The van der Waals surface area contributed by atoms with E-state index in [2.05, 4.69) is 24.8 Å². The highest BCUT2D eigenvalue weighted by molar-refractivity contribution is 4.67. The summed E-state index contributed by atoms with van der Waals surface area (Å²) in [6.45, 7) is 7.85. The normalized spacial score (nSPS) is 7.91. The van der Waals surface area contributed by atoms with Gasteiger partial charge in [-0.05, 0) is 6.42 Å². The lowest BCUT2D eigenvalue weighted by molar-refractivity contribution is -0.0851. The molecule has 0 fully saturated rings. The lowest BCUT2D eigenvalue weighted by Crippen LogP contribution is -2.25. The fraction of sp³-hybridized carbons (Fsp3) is 0.765. The third-order valence-electron chi connectivity index (χ3n) is 1.33. The van der Waals surface area contributed by atoms with Crippen LogP contribution in [-0.4, -0.2) is 46.2 Å². The van der Waals surface area contributed by atoms with Gasteiger partial charge in [0.05, 0.1) is 20.4 Å². The molecule has 0 N–H and O–H groups in total. The molecule has 0 radical (unpaired) electrons. The van der Waals surface area contributed by atoms with Crippen molar-refractivity contribution in [1.29, 1.82) is 0 Å². The third kappa shape index (κ3) is 52.6. The highest BCUT2D eigenvalue weighted by atomic mass is 19.3. The zero-order valence-corrected chi connectivity index (χ0v) is 11.6. The molecule has 0 amide bonds. The second-order valence-electron chi connectivity index (χ2n) is 3.16. The minimum Gasteiger partial charge on any atom is -0.377 e. The average molecular weight is 352 g/mol. The van der Waals surface area contributed by atoms with E-state index in [9.17, 15) is 17.6 Å². The lowest BCUT2D eigenvalue weighted by Gasteiger charge is -2.10. The quantitative estimate of drug-likeness (QED) is 0.267. The summed E-state index contributed by atoms with van der Waals surface area (Å²) in [5.41, 5.74) is 0. The Kier molecular flexibility index (Phi) is 70.2. The van der Waals surface area contributed by atoms with Crippen LogP contribution in [0.15, 0.2) is 25.3 Å². The van der Waals surface area contributed by atoms with E-state index >= 15 is 0 Å². The van der Waals surface area contributed by atoms with E-state index in [-0.39, 0.29) is 36.3 Å². The number of alkyl halides is 4. The topological polar surface area (TPSA) is 18.5 Å². The first-order valence-corrected chi connectivity index (χ1v) is 5.73. The van der Waals surface area contributed by atoms with Crippen LogP contribution in [0.4, 0.5) is 17.6 Å². The van der Waals surface area contributed by atoms with Crippen molar-refractivity contribution in [2.24, 2.45) is 0 Å². The van der Waals surface area contributed by atoms with Gasteiger partial charge in [-0.15, -0.1) is 13.2 Å². The maximum absolute atomic E-state index is 11.9. The van der Waals surface area contributed by atoms with Crippen LogP contribution in [0, 0.1) is 0 Å². The molecule has 0 unspecified atom stereocenters. The number of hydrogen-bond donors (Lipinski definition) is 0. The van der Waals surface area contributed by atoms with Gasteiger partial charge in [0.15, 0.2) is 6.67 Å². The standard InChI is InChI=1S/C6H9F3O.C6H12O.CH3F.4CH4/c1-2-3-10-5-6(8,9)4-7;1-3-5-7-6-4-2;1-2;;;;/h2H,1,3-5H2;3H,1,4-6H2,2H3;1H3;4*1H4. The van der Waals surface area contributed by atoms with Crippen molar-refractivity contribution < 1.29 is 27.0 Å². The monoisotopic (exact) mass is 352 g/mol. The minimum atomic E-state index is -3.34. The molecular weight excluding hydrogens is 312 g/mol. The summed E-state index contributed by atoms with van der Waals surface area (Å²) in [4.78, 5) is 0. The molecule has 0 atom stereocenters. The Bertz CT molecular complexity index is 189. The van der Waals surface area contributed by atoms with Crippen LogP contribution in [0.5, 0.6) is 0 Å². The number of halogens is 4. The Morgan fingerprint density at radius 1 is 0.913 bits per heavy atom. The second-order valence-corrected chi connectivity index (χ2v) is 3.16. The zero-order chi connectivity index (χ0) is 15.6. The van der Waals surface area contributed by atoms with Gasteiger partial charge in [-0.1, -0.05) is 48.8 Å². The minimum absolute atomic E-state index is 0. The Labute approximate surface area is 142 Å². The molecule has 0 spiro atoms. The smallest absolute Gasteiger partial charge is 0.298 e. The van der Waals surface area contributed by atoms with Gasteiger partial charge in [-0.3, -0.25) is 4.39 Å². The SMILES string of the molecule is C.C.C.C.C=CCOCC(F)(F)CF.C=CCOCCC.CF. The van der Waals surface area contributed by atoms with Gasteiger partial charge in [0.2, 0.25) is 0 Å². The van der Waals surface area contributed by atoms with Crippen LogP contribution >= 0.6 is 0 Å². The van der Waals surface area contributed by atoms with Crippen molar-refractivity contribution >= 4 is 0 Å². The molecule has 0 bridgehead atoms. The van der Waals surface area contributed by atoms with Crippen LogP contribution in [0.2, 0.25) is 0 Å². The molecule has 0 aromatic heterocycles. The van der Waals surface area contributed by atoms with E-state index in [0.717, 1.165) is 13.0 Å². The van der Waals surface area contributed by atoms with E-state index in [4.69, 9.17) is 4.74 Å². The van der Waals surface area contributed by atoms with Crippen molar-refractivity contribution in [2.75, 3.05) is 40.3 Å². The zero-order valence-electron chi connectivity index (χ0n) is 11.6. The van der Waals surface area contributed by atoms with E-state index in [1.807, 2.05) is 0 Å². The summed E-state index contributed by atoms with van der Waals surface area (Å²) >= 11 is 0. The van der Waals surface area contributed by atoms with Crippen LogP contribution in [-0.2, 0) is 9.47 Å². The summed E-state index contributed by atoms with van der Waals surface area (Å²) in [7, 11) is 0.500. The average Bonchev–Trinajstić information content (AvgIpc) is 2.43. The summed E-state index contributed by atoms with van der Waals surface area (Å²) in [6.07, 6.45) is 4.18. The summed E-state index contributed by atoms with van der Waals surface area (Å²) in [5.74, 6) is -3.34. The first kappa shape index (κ1) is 43.2. The Morgan fingerprint density at radius 2 is 1.30 bits per heavy atom. The van der Waals surface area contributed by atoms with Crippen molar-refractivity contribution in [3.8, 4) is 0 Å². The highest BCUT2D eigenvalue weighted by Gasteiger charge is 2.28. The molecule has 0 saturated carbocycles. The van der Waals surface area contributed by atoms with Crippen LogP contribution in [0.25, 0.3) is 0 Å². The molecule has 0 aromatic rings. The fourth-order valence-corrected chi connectivity index (χ4v) is 0.641. The summed E-state index contributed by atoms with van der Waals surface area (Å²) in [6, 6.07) is 0. The van der Waals surface area contributed by atoms with E-state index < -0.39 is 19.2 Å². The number of ether oxygens (including phenoxy) is 2. The van der Waals surface area contributed by atoms with Crippen molar-refractivity contribution in [3.05, 3.63) is 25.3 Å². The first-order valence-electron chi connectivity index (χ1n) is 5.73. The maximum Gasteiger partial charge on any atom is 0.298 e. The van der Waals surface area contributed by atoms with Crippen LogP contribution < -0.4 is 0 Å². The van der Waals surface area contributed by atoms with E-state index in [1.54, 1.807) is 6.08 Å². The lowest BCUT2D eigenvalue weighted by atomic mass is 10.4. The fourth-order valence-electron chi connectivity index (χ4n) is 0.641. The predicted octanol–water partition coefficient (Wildman–Crippen LogP) is 6.52. The van der Waals surface area contributed by atoms with Crippen LogP contribution in [0.3, 0.4) is 0 Å². The molecular formula is C17H40F4O2. The van der Waals surface area contributed by atoms with Crippen molar-refractivity contribution in [3.63, 3.8) is 0 Å². The molecule has 0 aliphatic heterocycles. The molecule has 23 heavy (non-hydrogen) atoms. The van der Waals surface area contributed by atoms with Gasteiger partial charge >= 0.3 is 0 Å². The van der Waals surface area contributed by atoms with E-state index in [0.29, 0.717) is 13.8 Å². The molecule has 0 aliphatic rings. The van der Waals surface area contributed by atoms with Crippen LogP contribution in [0.1, 0.15) is 43.1 Å². The molecule has 0 heterocycles. The second kappa shape index (κ2) is 37.4. The molecule has 0 aliphatic carbocycles.